The van der Waals surface area contributed by atoms with E-state index in [-0.39, 0.29) is 28.7 Å². The molecular weight excluding hydrogens is 378 g/mol. The van der Waals surface area contributed by atoms with E-state index in [1.807, 2.05) is 18.7 Å². The van der Waals surface area contributed by atoms with Crippen molar-refractivity contribution in [2.75, 3.05) is 33.2 Å². The molecular formula is C20H29N3O4S. The van der Waals surface area contributed by atoms with E-state index in [0.29, 0.717) is 31.7 Å². The van der Waals surface area contributed by atoms with Gasteiger partial charge in [-0.1, -0.05) is 6.42 Å². The van der Waals surface area contributed by atoms with Gasteiger partial charge < -0.3 is 9.80 Å². The van der Waals surface area contributed by atoms with Crippen molar-refractivity contribution in [2.45, 2.75) is 44.0 Å². The van der Waals surface area contributed by atoms with Crippen LogP contribution in [0.25, 0.3) is 0 Å². The molecule has 0 bridgehead atoms. The minimum absolute atomic E-state index is 0.128. The Hall–Kier alpha value is -1.93. The van der Waals surface area contributed by atoms with Crippen molar-refractivity contribution in [1.29, 1.82) is 0 Å². The smallest absolute Gasteiger partial charge is 0.253 e. The zero-order valence-electron chi connectivity index (χ0n) is 16.8. The van der Waals surface area contributed by atoms with Crippen molar-refractivity contribution in [3.05, 3.63) is 29.8 Å². The van der Waals surface area contributed by atoms with Gasteiger partial charge in [-0.05, 0) is 51.0 Å². The molecule has 0 unspecified atom stereocenters. The Bertz CT molecular complexity index is 824. The predicted molar refractivity (Wildman–Crippen MR) is 106 cm³/mol. The number of amides is 2. The number of piperazine rings is 1. The molecule has 1 aliphatic carbocycles. The lowest BCUT2D eigenvalue weighted by molar-refractivity contribution is -0.139. The Morgan fingerprint density at radius 3 is 2.00 bits per heavy atom. The summed E-state index contributed by atoms with van der Waals surface area (Å²) in [5, 5.41) is 0. The zero-order chi connectivity index (χ0) is 20.5. The van der Waals surface area contributed by atoms with Crippen molar-refractivity contribution in [2.24, 2.45) is 5.92 Å². The Morgan fingerprint density at radius 2 is 1.54 bits per heavy atom. The molecule has 0 radical (unpaired) electrons. The summed E-state index contributed by atoms with van der Waals surface area (Å²) < 4.78 is 26.4. The predicted octanol–water partition coefficient (Wildman–Crippen LogP) is 1.80. The molecule has 2 fully saturated rings. The van der Waals surface area contributed by atoms with Gasteiger partial charge in [0.1, 0.15) is 0 Å². The Morgan fingerprint density at radius 1 is 1.00 bits per heavy atom. The SMILES string of the molecule is CC(C)N(C)S(=O)(=O)c1ccc(C(=O)N2CCN(C(=O)C3CCC3)CC2)cc1. The maximum Gasteiger partial charge on any atom is 0.253 e. The van der Waals surface area contributed by atoms with E-state index < -0.39 is 10.0 Å². The Kier molecular flexibility index (Phi) is 6.09. The average Bonchev–Trinajstić information content (AvgIpc) is 2.65. The highest BCUT2D eigenvalue weighted by Gasteiger charge is 2.32. The second kappa shape index (κ2) is 8.21. The van der Waals surface area contributed by atoms with Crippen molar-refractivity contribution >= 4 is 21.8 Å². The van der Waals surface area contributed by atoms with Crippen molar-refractivity contribution in [3.63, 3.8) is 0 Å². The fourth-order valence-corrected chi connectivity index (χ4v) is 4.81. The molecule has 0 spiro atoms. The molecule has 2 amide bonds. The van der Waals surface area contributed by atoms with Crippen molar-refractivity contribution in [1.82, 2.24) is 14.1 Å². The first kappa shape index (κ1) is 20.8. The second-order valence-electron chi connectivity index (χ2n) is 7.88. The number of sulfonamides is 1. The highest BCUT2D eigenvalue weighted by Crippen LogP contribution is 2.28. The molecule has 28 heavy (non-hydrogen) atoms. The lowest BCUT2D eigenvalue weighted by atomic mass is 9.84. The van der Waals surface area contributed by atoms with Crippen LogP contribution in [0.3, 0.4) is 0 Å². The van der Waals surface area contributed by atoms with Gasteiger partial charge in [0.25, 0.3) is 5.91 Å². The molecule has 154 valence electrons. The van der Waals surface area contributed by atoms with Crippen LogP contribution in [0.5, 0.6) is 0 Å². The lowest BCUT2D eigenvalue weighted by Crippen LogP contribution is -2.52. The van der Waals surface area contributed by atoms with E-state index >= 15 is 0 Å². The maximum atomic E-state index is 12.7. The molecule has 2 aliphatic rings. The van der Waals surface area contributed by atoms with E-state index in [0.717, 1.165) is 19.3 Å². The molecule has 1 aromatic carbocycles. The fourth-order valence-electron chi connectivity index (χ4n) is 3.44. The molecule has 3 rings (SSSR count). The quantitative estimate of drug-likeness (QED) is 0.746. The van der Waals surface area contributed by atoms with Crippen LogP contribution in [0.15, 0.2) is 29.2 Å². The fraction of sp³-hybridized carbons (Fsp3) is 0.600. The topological polar surface area (TPSA) is 78.0 Å². The molecule has 1 aromatic rings. The van der Waals surface area contributed by atoms with Crippen LogP contribution in [-0.2, 0) is 14.8 Å². The summed E-state index contributed by atoms with van der Waals surface area (Å²) in [5.41, 5.74) is 0.463. The van der Waals surface area contributed by atoms with E-state index in [4.69, 9.17) is 0 Å². The van der Waals surface area contributed by atoms with Gasteiger partial charge in [0, 0.05) is 50.7 Å². The number of hydrogen-bond donors (Lipinski definition) is 0. The first-order valence-electron chi connectivity index (χ1n) is 9.88. The molecule has 7 nitrogen and oxygen atoms in total. The minimum atomic E-state index is -3.56. The van der Waals surface area contributed by atoms with Gasteiger partial charge in [0.05, 0.1) is 4.90 Å². The van der Waals surface area contributed by atoms with Crippen LogP contribution in [0.4, 0.5) is 0 Å². The highest BCUT2D eigenvalue weighted by molar-refractivity contribution is 7.89. The van der Waals surface area contributed by atoms with Crippen LogP contribution in [0.2, 0.25) is 0 Å². The van der Waals surface area contributed by atoms with Gasteiger partial charge in [-0.3, -0.25) is 9.59 Å². The standard InChI is InChI=1S/C20H29N3O4S/c1-15(2)21(3)28(26,27)18-9-7-17(8-10-18)20(25)23-13-11-22(12-14-23)19(24)16-5-4-6-16/h7-10,15-16H,4-6,11-14H2,1-3H3. The summed E-state index contributed by atoms with van der Waals surface area (Å²) in [7, 11) is -2.02. The third kappa shape index (κ3) is 4.07. The van der Waals surface area contributed by atoms with Crippen LogP contribution in [0.1, 0.15) is 43.5 Å². The van der Waals surface area contributed by atoms with Gasteiger partial charge in [-0.2, -0.15) is 4.31 Å². The van der Waals surface area contributed by atoms with Crippen molar-refractivity contribution in [3.8, 4) is 0 Å². The van der Waals surface area contributed by atoms with Crippen LogP contribution >= 0.6 is 0 Å². The molecule has 0 aromatic heterocycles. The summed E-state index contributed by atoms with van der Waals surface area (Å²) in [6.07, 6.45) is 3.10. The van der Waals surface area contributed by atoms with Crippen LogP contribution in [0, 0.1) is 5.92 Å². The van der Waals surface area contributed by atoms with Crippen LogP contribution in [-0.4, -0.2) is 73.6 Å². The number of hydrogen-bond acceptors (Lipinski definition) is 4. The monoisotopic (exact) mass is 407 g/mol. The summed E-state index contributed by atoms with van der Waals surface area (Å²) in [6, 6.07) is 5.95. The summed E-state index contributed by atoms with van der Waals surface area (Å²) in [4.78, 5) is 28.8. The molecule has 1 saturated carbocycles. The van der Waals surface area contributed by atoms with Gasteiger partial charge in [-0.15, -0.1) is 0 Å². The number of benzene rings is 1. The molecule has 0 N–H and O–H groups in total. The van der Waals surface area contributed by atoms with Gasteiger partial charge in [-0.25, -0.2) is 8.42 Å². The third-order valence-electron chi connectivity index (χ3n) is 5.84. The molecule has 1 saturated heterocycles. The number of rotatable bonds is 5. The van der Waals surface area contributed by atoms with E-state index in [2.05, 4.69) is 0 Å². The van der Waals surface area contributed by atoms with Crippen LogP contribution < -0.4 is 0 Å². The summed E-state index contributed by atoms with van der Waals surface area (Å²) in [6.45, 7) is 5.76. The Balaban J connectivity index is 1.62. The number of carbonyl (C=O) groups excluding carboxylic acids is 2. The first-order valence-corrected chi connectivity index (χ1v) is 11.3. The van der Waals surface area contributed by atoms with Crippen molar-refractivity contribution < 1.29 is 18.0 Å². The molecule has 0 atom stereocenters. The van der Waals surface area contributed by atoms with Gasteiger partial charge in [0.15, 0.2) is 0 Å². The molecule has 8 heteroatoms. The molecule has 1 heterocycles. The van der Waals surface area contributed by atoms with Gasteiger partial charge in [0.2, 0.25) is 15.9 Å². The number of nitrogens with zero attached hydrogens (tertiary/aromatic N) is 3. The van der Waals surface area contributed by atoms with E-state index in [1.165, 1.54) is 16.4 Å². The lowest BCUT2D eigenvalue weighted by Gasteiger charge is -2.38. The van der Waals surface area contributed by atoms with E-state index in [1.54, 1.807) is 24.1 Å². The van der Waals surface area contributed by atoms with E-state index in [9.17, 15) is 18.0 Å². The largest absolute Gasteiger partial charge is 0.339 e. The second-order valence-corrected chi connectivity index (χ2v) is 9.88. The summed E-state index contributed by atoms with van der Waals surface area (Å²) in [5.74, 6) is 0.278. The third-order valence-corrected chi connectivity index (χ3v) is 7.89. The minimum Gasteiger partial charge on any atom is -0.339 e. The zero-order valence-corrected chi connectivity index (χ0v) is 17.6. The Labute approximate surface area is 167 Å². The summed E-state index contributed by atoms with van der Waals surface area (Å²) >= 11 is 0. The number of carbonyl (C=O) groups is 2. The average molecular weight is 408 g/mol. The normalized spacial score (nSPS) is 18.5. The highest BCUT2D eigenvalue weighted by atomic mass is 32.2. The molecule has 1 aliphatic heterocycles. The first-order chi connectivity index (χ1) is 13.2. The van der Waals surface area contributed by atoms with Gasteiger partial charge >= 0.3 is 0 Å². The maximum absolute atomic E-state index is 12.7.